The number of hydroxylamine groups is 1. The van der Waals surface area contributed by atoms with Crippen molar-refractivity contribution in [2.75, 3.05) is 67.6 Å². The van der Waals surface area contributed by atoms with E-state index in [0.29, 0.717) is 87.4 Å². The molecule has 6 rings (SSSR count). The van der Waals surface area contributed by atoms with E-state index in [0.717, 1.165) is 64.8 Å². The van der Waals surface area contributed by atoms with Crippen molar-refractivity contribution < 1.29 is 53.0 Å². The highest BCUT2D eigenvalue weighted by atomic mass is 32.2. The first-order chi connectivity index (χ1) is 46.3. The van der Waals surface area contributed by atoms with E-state index < -0.39 is 59.2 Å². The van der Waals surface area contributed by atoms with E-state index in [1.54, 1.807) is 29.3 Å². The van der Waals surface area contributed by atoms with Crippen LogP contribution < -0.4 is 26.7 Å². The predicted octanol–water partition coefficient (Wildman–Crippen LogP) is 9.99. The molecule has 23 heteroatoms. The summed E-state index contributed by atoms with van der Waals surface area (Å²) in [5.74, 6) is -1.12. The van der Waals surface area contributed by atoms with E-state index in [1.165, 1.54) is 65.2 Å². The van der Waals surface area contributed by atoms with E-state index in [4.69, 9.17) is 29.4 Å². The SMILES string of the molecule is CCC(C)C(C(CC(=O)N1CCCC1C(OC)C(C)C(=O)NC(/C=C/C(=O)NO)Cc1ccccc1)OC)N(C)C(=O)CNC(=O)C(C(C)C)N(C)CCCCCCC(=O)NCC(C)(C)OCC(C)(C)CNC(=O)c1ccc2nc3c(nc2c1)CSC1CCCCCCCC1SC3. The van der Waals surface area contributed by atoms with Crippen LogP contribution in [0.15, 0.2) is 60.7 Å². The minimum Gasteiger partial charge on any atom is -0.379 e. The standard InChI is InChI=1S/C74H116N10O11S2/c1-14-50(4)68(60(93-12)42-65(87)84-39-27-30-59(84)69(94-13)51(5)70(89)78-54(35-37-64(86)81-92)40-52-28-21-20-22-29-52)83(11)66(88)43-75-72(91)67(49(2)3)82(10)38-26-19-18-25-33-63(85)76-47-74(8,9)95-48-73(6,7)46-77-71(90)53-34-36-55-56(41-53)80-58-45-97-62-32-24-17-15-16-23-31-61(62)96-44-57(58)79-55/h20-22,28-29,34-37,41,49-51,54,59-62,67-69,92H,14-19,23-27,30-33,38-40,42-48H2,1-13H3,(H,75,91)(H,76,85)(H,77,90)(H,78,89)(H,81,86)/b37-35+. The minimum atomic E-state index is -0.728. The van der Waals surface area contributed by atoms with Crippen molar-refractivity contribution in [2.45, 2.75) is 235 Å². The summed E-state index contributed by atoms with van der Waals surface area (Å²) < 4.78 is 18.4. The predicted molar refractivity (Wildman–Crippen MR) is 386 cm³/mol. The second kappa shape index (κ2) is 39.9. The number of thioether (sulfide) groups is 2. The molecular weight excluding hydrogens is 1270 g/mol. The quantitative estimate of drug-likeness (QED) is 0.0137. The lowest BCUT2D eigenvalue weighted by Gasteiger charge is -2.39. The van der Waals surface area contributed by atoms with Crippen LogP contribution >= 0.6 is 23.5 Å². The van der Waals surface area contributed by atoms with Gasteiger partial charge >= 0.3 is 0 Å². The molecule has 10 unspecified atom stereocenters. The van der Waals surface area contributed by atoms with Crippen LogP contribution in [0.1, 0.15) is 192 Å². The van der Waals surface area contributed by atoms with Crippen molar-refractivity contribution in [1.29, 1.82) is 0 Å². The Morgan fingerprint density at radius 1 is 0.773 bits per heavy atom. The Bertz CT molecular complexity index is 3050. The summed E-state index contributed by atoms with van der Waals surface area (Å²) in [6, 6.07) is 13.1. The first-order valence-corrected chi connectivity index (χ1v) is 37.7. The first-order valence-electron chi connectivity index (χ1n) is 35.6. The van der Waals surface area contributed by atoms with Crippen LogP contribution in [0.2, 0.25) is 0 Å². The second-order valence-electron chi connectivity index (χ2n) is 28.9. The number of hydrogen-bond donors (Lipinski definition) is 6. The van der Waals surface area contributed by atoms with Gasteiger partial charge in [0.25, 0.3) is 11.8 Å². The molecule has 3 heterocycles. The summed E-state index contributed by atoms with van der Waals surface area (Å²) in [4.78, 5) is 110. The topological polar surface area (TPSA) is 263 Å². The number of likely N-dealkylation sites (tertiary alicyclic amines) is 1. The highest BCUT2D eigenvalue weighted by molar-refractivity contribution is 8.03. The van der Waals surface area contributed by atoms with Gasteiger partial charge in [0.1, 0.15) is 0 Å². The van der Waals surface area contributed by atoms with Gasteiger partial charge in [0, 0.05) is 86.4 Å². The molecule has 1 saturated carbocycles. The number of likely N-dealkylation sites (N-methyl/N-ethyl adjacent to an activating group) is 2. The maximum atomic E-state index is 14.4. The number of hydrogen-bond acceptors (Lipinski definition) is 16. The second-order valence-corrected chi connectivity index (χ2v) is 31.3. The summed E-state index contributed by atoms with van der Waals surface area (Å²) in [5, 5.41) is 22.5. The minimum absolute atomic E-state index is 0.0299. The number of carbonyl (C=O) groups is 7. The van der Waals surface area contributed by atoms with Crippen molar-refractivity contribution in [2.24, 2.45) is 23.2 Å². The van der Waals surface area contributed by atoms with Gasteiger partial charge in [-0.2, -0.15) is 23.5 Å². The molecule has 540 valence electrons. The maximum Gasteiger partial charge on any atom is 0.267 e. The van der Waals surface area contributed by atoms with Crippen molar-refractivity contribution in [3.05, 3.63) is 83.2 Å². The lowest BCUT2D eigenvalue weighted by molar-refractivity contribution is -0.146. The molecule has 21 nitrogen and oxygen atoms in total. The summed E-state index contributed by atoms with van der Waals surface area (Å²) in [6.45, 7) is 19.7. The van der Waals surface area contributed by atoms with Gasteiger partial charge in [-0.05, 0) is 108 Å². The molecule has 7 amide bonds. The Morgan fingerprint density at radius 2 is 1.43 bits per heavy atom. The van der Waals surface area contributed by atoms with Crippen LogP contribution in [0.3, 0.4) is 0 Å². The van der Waals surface area contributed by atoms with Crippen molar-refractivity contribution >= 4 is 75.9 Å². The molecule has 0 radical (unpaired) electrons. The third-order valence-corrected chi connectivity index (χ3v) is 22.6. The van der Waals surface area contributed by atoms with Gasteiger partial charge in [0.2, 0.25) is 29.5 Å². The Balaban J connectivity index is 0.890. The van der Waals surface area contributed by atoms with Crippen molar-refractivity contribution in [3.63, 3.8) is 0 Å². The molecule has 1 saturated heterocycles. The number of amides is 7. The molecule has 97 heavy (non-hydrogen) atoms. The van der Waals surface area contributed by atoms with Crippen LogP contribution in [0.25, 0.3) is 11.0 Å². The smallest absolute Gasteiger partial charge is 0.267 e. The zero-order valence-corrected chi connectivity index (χ0v) is 62.0. The maximum absolute atomic E-state index is 14.4. The van der Waals surface area contributed by atoms with Gasteiger partial charge in [-0.25, -0.2) is 15.4 Å². The number of nitrogens with zero attached hydrogens (tertiary/aromatic N) is 5. The van der Waals surface area contributed by atoms with Crippen LogP contribution in [-0.2, 0) is 60.9 Å². The van der Waals surface area contributed by atoms with Gasteiger partial charge < -0.3 is 45.3 Å². The summed E-state index contributed by atoms with van der Waals surface area (Å²) in [5.41, 5.74) is 5.70. The molecule has 0 spiro atoms. The fourth-order valence-electron chi connectivity index (χ4n) is 13.6. The van der Waals surface area contributed by atoms with Crippen LogP contribution in [0.4, 0.5) is 0 Å². The molecule has 10 atom stereocenters. The normalized spacial score (nSPS) is 19.3. The largest absolute Gasteiger partial charge is 0.379 e. The van der Waals surface area contributed by atoms with E-state index in [9.17, 15) is 33.6 Å². The number of nitrogens with one attached hydrogen (secondary N) is 5. The zero-order valence-electron chi connectivity index (χ0n) is 60.4. The first kappa shape index (κ1) is 80.3. The third-order valence-electron chi connectivity index (χ3n) is 19.6. The Labute approximate surface area is 586 Å². The van der Waals surface area contributed by atoms with Gasteiger partial charge in [-0.3, -0.25) is 43.7 Å². The molecule has 6 N–H and O–H groups in total. The van der Waals surface area contributed by atoms with Crippen LogP contribution in [0.5, 0.6) is 0 Å². The van der Waals surface area contributed by atoms with Crippen molar-refractivity contribution in [1.82, 2.24) is 51.4 Å². The van der Waals surface area contributed by atoms with Crippen LogP contribution in [-0.4, -0.2) is 191 Å². The van der Waals surface area contributed by atoms with E-state index >= 15 is 0 Å². The Hall–Kier alpha value is -5.69. The van der Waals surface area contributed by atoms with Crippen molar-refractivity contribution in [3.8, 4) is 0 Å². The van der Waals surface area contributed by atoms with Crippen LogP contribution in [0, 0.1) is 23.2 Å². The molecule has 1 aliphatic carbocycles. The summed E-state index contributed by atoms with van der Waals surface area (Å²) in [7, 11) is 6.68. The number of unbranched alkanes of at least 4 members (excludes halogenated alkanes) is 3. The molecule has 1 aromatic heterocycles. The molecule has 2 aliphatic heterocycles. The number of benzene rings is 2. The fourth-order valence-corrected chi connectivity index (χ4v) is 16.7. The number of aromatic nitrogens is 2. The number of methoxy groups -OCH3 is 2. The van der Waals surface area contributed by atoms with E-state index in [-0.39, 0.29) is 60.2 Å². The van der Waals surface area contributed by atoms with E-state index in [1.807, 2.05) is 114 Å². The van der Waals surface area contributed by atoms with Gasteiger partial charge in [-0.15, -0.1) is 0 Å². The average Bonchev–Trinajstić information content (AvgIpc) is 1.48. The molecule has 2 aromatic carbocycles. The highest BCUT2D eigenvalue weighted by Crippen LogP contribution is 2.40. The Morgan fingerprint density at radius 3 is 2.07 bits per heavy atom. The zero-order chi connectivity index (χ0) is 70.8. The summed E-state index contributed by atoms with van der Waals surface area (Å²) >= 11 is 4.10. The number of fused-ring (bicyclic) bond motifs is 3. The van der Waals surface area contributed by atoms with Gasteiger partial charge in [-0.1, -0.05) is 136 Å². The molecule has 3 aromatic rings. The molecule has 2 fully saturated rings. The molecule has 0 bridgehead atoms. The highest BCUT2D eigenvalue weighted by Gasteiger charge is 2.43. The lowest BCUT2D eigenvalue weighted by Crippen LogP contribution is -2.55. The van der Waals surface area contributed by atoms with Gasteiger partial charge in [0.05, 0.1) is 89.9 Å². The number of ether oxygens (including phenoxy) is 3. The third kappa shape index (κ3) is 25.2. The van der Waals surface area contributed by atoms with Gasteiger partial charge in [0.15, 0.2) is 0 Å². The average molecular weight is 1390 g/mol. The number of rotatable bonds is 36. The monoisotopic (exact) mass is 1380 g/mol. The number of carbonyl (C=O) groups excluding carboxylic acids is 7. The Kier molecular flexibility index (Phi) is 33.1. The molecular formula is C74H116N10O11S2. The lowest BCUT2D eigenvalue weighted by atomic mass is 9.90. The summed E-state index contributed by atoms with van der Waals surface area (Å²) in [6.07, 6.45) is 16.5. The molecule has 3 aliphatic rings. The van der Waals surface area contributed by atoms with E-state index in [2.05, 4.69) is 46.9 Å². The fraction of sp³-hybridized carbons (Fsp3) is 0.689.